The van der Waals surface area contributed by atoms with E-state index < -0.39 is 0 Å². The quantitative estimate of drug-likeness (QED) is 0.707. The minimum absolute atomic E-state index is 0.0533. The summed E-state index contributed by atoms with van der Waals surface area (Å²) in [4.78, 5) is 26.1. The van der Waals surface area contributed by atoms with Crippen LogP contribution in [0.4, 0.5) is 5.69 Å². The second-order valence-corrected chi connectivity index (χ2v) is 6.15. The Hall–Kier alpha value is -3.22. The second-order valence-electron chi connectivity index (χ2n) is 6.15. The molecule has 0 aliphatic carbocycles. The van der Waals surface area contributed by atoms with Gasteiger partial charge in [0.15, 0.2) is 0 Å². The van der Waals surface area contributed by atoms with E-state index in [-0.39, 0.29) is 24.8 Å². The molecule has 2 aromatic rings. The van der Waals surface area contributed by atoms with Crippen LogP contribution in [0.5, 0.6) is 17.2 Å². The summed E-state index contributed by atoms with van der Waals surface area (Å²) in [6.07, 6.45) is 0.239. The van der Waals surface area contributed by atoms with Crippen LogP contribution in [0.3, 0.4) is 0 Å². The number of carbonyl (C=O) groups is 2. The molecule has 28 heavy (non-hydrogen) atoms. The molecule has 7 heteroatoms. The molecule has 1 aliphatic rings. The molecule has 0 saturated carbocycles. The zero-order chi connectivity index (χ0) is 19.8. The minimum atomic E-state index is -0.250. The van der Waals surface area contributed by atoms with E-state index in [0.717, 1.165) is 5.75 Å². The molecule has 2 aromatic carbocycles. The Kier molecular flexibility index (Phi) is 6.73. The van der Waals surface area contributed by atoms with Gasteiger partial charge in [-0.05, 0) is 43.3 Å². The maximum atomic E-state index is 12.3. The van der Waals surface area contributed by atoms with E-state index >= 15 is 0 Å². The SMILES string of the molecule is CCOc1ccc(OCCNC(=O)CN2C(=O)CCOc3ccccc32)cc1. The van der Waals surface area contributed by atoms with E-state index in [0.29, 0.717) is 43.6 Å². The highest BCUT2D eigenvalue weighted by Crippen LogP contribution is 2.30. The zero-order valence-electron chi connectivity index (χ0n) is 15.8. The van der Waals surface area contributed by atoms with Gasteiger partial charge in [0.25, 0.3) is 0 Å². The van der Waals surface area contributed by atoms with Crippen molar-refractivity contribution in [3.8, 4) is 17.2 Å². The Morgan fingerprint density at radius 2 is 1.82 bits per heavy atom. The Bertz CT molecular complexity index is 807. The van der Waals surface area contributed by atoms with Crippen molar-refractivity contribution in [2.45, 2.75) is 13.3 Å². The van der Waals surface area contributed by atoms with Crippen LogP contribution >= 0.6 is 0 Å². The third-order valence-electron chi connectivity index (χ3n) is 4.16. The average Bonchev–Trinajstić information content (AvgIpc) is 2.86. The van der Waals surface area contributed by atoms with Gasteiger partial charge in [-0.1, -0.05) is 12.1 Å². The van der Waals surface area contributed by atoms with Crippen molar-refractivity contribution in [2.75, 3.05) is 37.8 Å². The first-order chi connectivity index (χ1) is 13.7. The van der Waals surface area contributed by atoms with Gasteiger partial charge in [-0.25, -0.2) is 0 Å². The highest BCUT2D eigenvalue weighted by Gasteiger charge is 2.24. The normalized spacial score (nSPS) is 13.2. The zero-order valence-corrected chi connectivity index (χ0v) is 15.8. The van der Waals surface area contributed by atoms with Crippen LogP contribution in [0, 0.1) is 0 Å². The van der Waals surface area contributed by atoms with Crippen molar-refractivity contribution in [1.29, 1.82) is 0 Å². The summed E-state index contributed by atoms with van der Waals surface area (Å²) < 4.78 is 16.6. The number of fused-ring (bicyclic) bond motifs is 1. The molecule has 0 unspecified atom stereocenters. The number of ether oxygens (including phenoxy) is 3. The van der Waals surface area contributed by atoms with Crippen LogP contribution in [0.15, 0.2) is 48.5 Å². The Morgan fingerprint density at radius 3 is 2.57 bits per heavy atom. The first-order valence-corrected chi connectivity index (χ1v) is 9.32. The van der Waals surface area contributed by atoms with Crippen molar-refractivity contribution in [3.63, 3.8) is 0 Å². The number of nitrogens with one attached hydrogen (secondary N) is 1. The second kappa shape index (κ2) is 9.64. The summed E-state index contributed by atoms with van der Waals surface area (Å²) >= 11 is 0. The first kappa shape index (κ1) is 19.5. The molecule has 2 amide bonds. The molecular weight excluding hydrogens is 360 g/mol. The summed E-state index contributed by atoms with van der Waals surface area (Å²) in [5.74, 6) is 1.71. The molecule has 0 fully saturated rings. The Labute approximate surface area is 164 Å². The number of benzene rings is 2. The molecule has 0 aromatic heterocycles. The lowest BCUT2D eigenvalue weighted by molar-refractivity contribution is -0.124. The molecule has 1 aliphatic heterocycles. The van der Waals surface area contributed by atoms with Crippen LogP contribution in [0.2, 0.25) is 0 Å². The summed E-state index contributed by atoms with van der Waals surface area (Å²) in [7, 11) is 0. The molecule has 0 radical (unpaired) electrons. The lowest BCUT2D eigenvalue weighted by atomic mass is 10.2. The van der Waals surface area contributed by atoms with Gasteiger partial charge in [-0.15, -0.1) is 0 Å². The van der Waals surface area contributed by atoms with Gasteiger partial charge in [-0.2, -0.15) is 0 Å². The van der Waals surface area contributed by atoms with Crippen molar-refractivity contribution in [2.24, 2.45) is 0 Å². The monoisotopic (exact) mass is 384 g/mol. The lowest BCUT2D eigenvalue weighted by Gasteiger charge is -2.21. The topological polar surface area (TPSA) is 77.1 Å². The van der Waals surface area contributed by atoms with Gasteiger partial charge in [0.1, 0.15) is 30.4 Å². The van der Waals surface area contributed by atoms with Crippen molar-refractivity contribution < 1.29 is 23.8 Å². The van der Waals surface area contributed by atoms with E-state index in [4.69, 9.17) is 14.2 Å². The van der Waals surface area contributed by atoms with E-state index in [1.807, 2.05) is 43.3 Å². The fourth-order valence-corrected chi connectivity index (χ4v) is 2.85. The van der Waals surface area contributed by atoms with Crippen LogP contribution in [0.1, 0.15) is 13.3 Å². The van der Waals surface area contributed by atoms with Crippen LogP contribution in [0.25, 0.3) is 0 Å². The molecule has 1 heterocycles. The molecule has 0 saturated heterocycles. The maximum absolute atomic E-state index is 12.3. The summed E-state index contributed by atoms with van der Waals surface area (Å²) in [6.45, 7) is 3.46. The molecule has 148 valence electrons. The van der Waals surface area contributed by atoms with Gasteiger partial charge in [0.2, 0.25) is 11.8 Å². The summed E-state index contributed by atoms with van der Waals surface area (Å²) in [6, 6.07) is 14.5. The Balaban J connectivity index is 1.47. The number of anilines is 1. The standard InChI is InChI=1S/C21H24N2O5/c1-2-26-16-7-9-17(10-8-16)27-14-12-22-20(24)15-23-18-5-3-4-6-19(18)28-13-11-21(23)25/h3-10H,2,11-15H2,1H3,(H,22,24). The van der Waals surface area contributed by atoms with E-state index in [2.05, 4.69) is 5.32 Å². The van der Waals surface area contributed by atoms with Crippen molar-refractivity contribution in [1.82, 2.24) is 5.32 Å². The highest BCUT2D eigenvalue weighted by atomic mass is 16.5. The number of rotatable bonds is 8. The van der Waals surface area contributed by atoms with Gasteiger partial charge in [0.05, 0.1) is 31.9 Å². The minimum Gasteiger partial charge on any atom is -0.494 e. The van der Waals surface area contributed by atoms with Crippen LogP contribution in [-0.2, 0) is 9.59 Å². The van der Waals surface area contributed by atoms with Crippen LogP contribution in [-0.4, -0.2) is 44.7 Å². The molecular formula is C21H24N2O5. The molecule has 1 N–H and O–H groups in total. The third-order valence-corrected chi connectivity index (χ3v) is 4.16. The van der Waals surface area contributed by atoms with E-state index in [1.165, 1.54) is 4.90 Å². The third kappa shape index (κ3) is 5.16. The highest BCUT2D eigenvalue weighted by molar-refractivity contribution is 6.00. The van der Waals surface area contributed by atoms with Gasteiger partial charge in [0, 0.05) is 0 Å². The van der Waals surface area contributed by atoms with Crippen molar-refractivity contribution >= 4 is 17.5 Å². The molecule has 0 spiro atoms. The van der Waals surface area contributed by atoms with Gasteiger partial charge >= 0.3 is 0 Å². The maximum Gasteiger partial charge on any atom is 0.240 e. The number of carbonyl (C=O) groups excluding carboxylic acids is 2. The van der Waals surface area contributed by atoms with Gasteiger partial charge < -0.3 is 19.5 Å². The predicted octanol–water partition coefficient (Wildman–Crippen LogP) is 2.40. The Morgan fingerprint density at radius 1 is 1.11 bits per heavy atom. The molecule has 0 atom stereocenters. The number of hydrogen-bond donors (Lipinski definition) is 1. The average molecular weight is 384 g/mol. The smallest absolute Gasteiger partial charge is 0.240 e. The summed E-state index contributed by atoms with van der Waals surface area (Å²) in [5.41, 5.74) is 0.616. The largest absolute Gasteiger partial charge is 0.494 e. The fourth-order valence-electron chi connectivity index (χ4n) is 2.85. The number of amides is 2. The van der Waals surface area contributed by atoms with E-state index in [9.17, 15) is 9.59 Å². The molecule has 7 nitrogen and oxygen atoms in total. The van der Waals surface area contributed by atoms with Crippen LogP contribution < -0.4 is 24.4 Å². The number of nitrogens with zero attached hydrogens (tertiary/aromatic N) is 1. The fraction of sp³-hybridized carbons (Fsp3) is 0.333. The first-order valence-electron chi connectivity index (χ1n) is 9.32. The predicted molar refractivity (Wildman–Crippen MR) is 105 cm³/mol. The summed E-state index contributed by atoms with van der Waals surface area (Å²) in [5, 5.41) is 2.78. The number of hydrogen-bond acceptors (Lipinski definition) is 5. The molecule has 3 rings (SSSR count). The lowest BCUT2D eigenvalue weighted by Crippen LogP contribution is -2.41. The van der Waals surface area contributed by atoms with E-state index in [1.54, 1.807) is 12.1 Å². The number of para-hydroxylation sites is 2. The van der Waals surface area contributed by atoms with Crippen molar-refractivity contribution in [3.05, 3.63) is 48.5 Å². The molecule has 0 bridgehead atoms. The van der Waals surface area contributed by atoms with Gasteiger partial charge in [-0.3, -0.25) is 14.5 Å².